The van der Waals surface area contributed by atoms with Crippen LogP contribution in [0.15, 0.2) is 109 Å². The van der Waals surface area contributed by atoms with E-state index in [1.807, 2.05) is 0 Å². The molecule has 4 N–H and O–H groups in total. The van der Waals surface area contributed by atoms with Crippen LogP contribution < -0.4 is 5.73 Å². The lowest BCUT2D eigenvalue weighted by Gasteiger charge is -2.46. The van der Waals surface area contributed by atoms with Crippen molar-refractivity contribution >= 4 is 5.97 Å². The first kappa shape index (κ1) is 19.6. The lowest BCUT2D eigenvalue weighted by Crippen LogP contribution is -2.39. The maximum atomic E-state index is 10.3. The van der Waals surface area contributed by atoms with Gasteiger partial charge in [-0.3, -0.25) is 4.79 Å². The second kappa shape index (κ2) is 8.35. The van der Waals surface area contributed by atoms with E-state index >= 15 is 0 Å². The van der Waals surface area contributed by atoms with Crippen molar-refractivity contribution in [3.63, 3.8) is 0 Å². The van der Waals surface area contributed by atoms with Crippen molar-refractivity contribution in [1.82, 2.24) is 9.97 Å². The number of nitrogens with two attached hydrogens (primary N) is 1. The predicted molar refractivity (Wildman–Crippen MR) is 117 cm³/mol. The number of H-pyrrole nitrogens is 1. The van der Waals surface area contributed by atoms with Gasteiger partial charge in [-0.15, -0.1) is 0 Å². The number of carbonyl (C=O) groups is 1. The Morgan fingerprint density at radius 2 is 1.67 bits per heavy atom. The molecule has 1 heterocycles. The number of hydrogen-bond acceptors (Lipinski definition) is 3. The van der Waals surface area contributed by atoms with Crippen LogP contribution in [0.25, 0.3) is 0 Å². The number of nitrogens with zero attached hydrogens (tertiary/aromatic N) is 1. The number of rotatable bonds is 5. The molecule has 5 heteroatoms. The van der Waals surface area contributed by atoms with Crippen molar-refractivity contribution < 1.29 is 9.90 Å². The Hall–Kier alpha value is -3.70. The van der Waals surface area contributed by atoms with Crippen LogP contribution in [0.4, 0.5) is 0 Å². The number of nitrogens with one attached hydrogen (secondary N) is 1. The minimum absolute atomic E-state index is 0.0444. The summed E-state index contributed by atoms with van der Waals surface area (Å²) in [6.45, 7) is 0. The molecule has 2 aromatic carbocycles. The molecule has 3 aromatic rings. The fourth-order valence-corrected chi connectivity index (χ4v) is 4.00. The molecule has 150 valence electrons. The fourth-order valence-electron chi connectivity index (χ4n) is 4.00. The van der Waals surface area contributed by atoms with E-state index in [-0.39, 0.29) is 11.8 Å². The van der Waals surface area contributed by atoms with Crippen molar-refractivity contribution in [3.8, 4) is 0 Å². The number of carboxylic acids is 1. The number of hydrogen-bond donors (Lipinski definition) is 3. The Labute approximate surface area is 175 Å². The number of aromatic nitrogens is 2. The lowest BCUT2D eigenvalue weighted by atomic mass is 9.56. The lowest BCUT2D eigenvalue weighted by molar-refractivity contribution is -0.138. The van der Waals surface area contributed by atoms with Gasteiger partial charge in [0.1, 0.15) is 6.04 Å². The minimum atomic E-state index is -1.00. The Bertz CT molecular complexity index is 1040. The van der Waals surface area contributed by atoms with E-state index in [1.54, 1.807) is 6.20 Å². The molecule has 30 heavy (non-hydrogen) atoms. The molecule has 1 aromatic heterocycles. The van der Waals surface area contributed by atoms with Crippen LogP contribution in [-0.2, 0) is 16.6 Å². The van der Waals surface area contributed by atoms with Gasteiger partial charge in [-0.05, 0) is 22.3 Å². The van der Waals surface area contributed by atoms with E-state index in [0.717, 1.165) is 5.69 Å². The Morgan fingerprint density at radius 1 is 1.03 bits per heavy atom. The maximum absolute atomic E-state index is 10.3. The average molecular weight is 397 g/mol. The summed E-state index contributed by atoms with van der Waals surface area (Å²) in [4.78, 5) is 16.8. The van der Waals surface area contributed by atoms with Crippen LogP contribution in [0.3, 0.4) is 0 Å². The number of allylic oxidation sites excluding steroid dienone is 6. The van der Waals surface area contributed by atoms with Crippen LogP contribution in [0.1, 0.15) is 16.8 Å². The molecule has 2 bridgehead atoms. The zero-order valence-corrected chi connectivity index (χ0v) is 16.4. The summed E-state index contributed by atoms with van der Waals surface area (Å²) in [6.07, 6.45) is 12.2. The van der Waals surface area contributed by atoms with Crippen LogP contribution >= 0.6 is 0 Å². The van der Waals surface area contributed by atoms with E-state index in [2.05, 4.69) is 94.9 Å². The summed E-state index contributed by atoms with van der Waals surface area (Å²) in [5.74, 6) is -1.00. The van der Waals surface area contributed by atoms with E-state index in [4.69, 9.17) is 10.8 Å². The standard InChI is InChI=1S/C19H14.C6H9N3O2/c1-3-8-15(9-4-1)19(16-10-5-2-6-11-16)17-12-7-13-18(19)14-17;7-5(6(10)11)1-4-2-8-3-9-4/h1-14H;2-3,5H,1,7H2,(H,8,9)(H,10,11)/t;5-/m.0/s1. The van der Waals surface area contributed by atoms with Crippen molar-refractivity contribution in [2.24, 2.45) is 5.73 Å². The van der Waals surface area contributed by atoms with E-state index < -0.39 is 12.0 Å². The Morgan fingerprint density at radius 3 is 2.10 bits per heavy atom. The smallest absolute Gasteiger partial charge is 0.320 e. The first-order valence-corrected chi connectivity index (χ1v) is 9.80. The Kier molecular flexibility index (Phi) is 5.46. The molecule has 2 aliphatic carbocycles. The molecule has 0 aliphatic heterocycles. The molecule has 0 fully saturated rings. The third kappa shape index (κ3) is 3.51. The quantitative estimate of drug-likeness (QED) is 0.611. The summed E-state index contributed by atoms with van der Waals surface area (Å²) >= 11 is 0. The van der Waals surface area contributed by atoms with E-state index in [0.29, 0.717) is 0 Å². The summed E-state index contributed by atoms with van der Waals surface area (Å²) in [7, 11) is 0. The molecular formula is C25H23N3O2. The van der Waals surface area contributed by atoms with Gasteiger partial charge in [-0.2, -0.15) is 0 Å². The third-order valence-corrected chi connectivity index (χ3v) is 5.45. The number of fused-ring (bicyclic) bond motifs is 2. The monoisotopic (exact) mass is 397 g/mol. The van der Waals surface area contributed by atoms with Gasteiger partial charge in [0.05, 0.1) is 11.7 Å². The second-order valence-corrected chi connectivity index (χ2v) is 7.29. The largest absolute Gasteiger partial charge is 0.480 e. The molecule has 5 nitrogen and oxygen atoms in total. The summed E-state index contributed by atoms with van der Waals surface area (Å²) in [5.41, 5.74) is 11.4. The highest BCUT2D eigenvalue weighted by atomic mass is 16.4. The molecule has 5 rings (SSSR count). The first-order valence-electron chi connectivity index (χ1n) is 9.80. The highest BCUT2D eigenvalue weighted by Gasteiger charge is 2.46. The van der Waals surface area contributed by atoms with Crippen molar-refractivity contribution in [1.29, 1.82) is 0 Å². The van der Waals surface area contributed by atoms with Crippen LogP contribution in [0, 0.1) is 0 Å². The minimum Gasteiger partial charge on any atom is -0.480 e. The molecule has 0 amide bonds. The SMILES string of the molecule is N[C@@H](Cc1cnc[nH]1)C(=O)O.c1ccc(C2(c3ccccc3)c3cccc2c3)cc1. The first-order chi connectivity index (χ1) is 14.6. The molecular weight excluding hydrogens is 374 g/mol. The van der Waals surface area contributed by atoms with Gasteiger partial charge in [0, 0.05) is 18.3 Å². The van der Waals surface area contributed by atoms with Gasteiger partial charge >= 0.3 is 5.97 Å². The van der Waals surface area contributed by atoms with E-state index in [9.17, 15) is 4.79 Å². The summed E-state index contributed by atoms with van der Waals surface area (Å²) < 4.78 is 0. The molecule has 0 saturated heterocycles. The molecule has 0 saturated carbocycles. The second-order valence-electron chi connectivity index (χ2n) is 7.29. The number of benzene rings is 2. The molecule has 0 radical (unpaired) electrons. The third-order valence-electron chi connectivity index (χ3n) is 5.45. The van der Waals surface area contributed by atoms with Crippen LogP contribution in [-0.4, -0.2) is 27.1 Å². The Balaban J connectivity index is 0.000000170. The summed E-state index contributed by atoms with van der Waals surface area (Å²) in [6, 6.07) is 20.7. The predicted octanol–water partition coefficient (Wildman–Crippen LogP) is 3.77. The average Bonchev–Trinajstić information content (AvgIpc) is 3.30. The zero-order valence-electron chi connectivity index (χ0n) is 16.4. The van der Waals surface area contributed by atoms with Gasteiger partial charge < -0.3 is 15.8 Å². The highest BCUT2D eigenvalue weighted by Crippen LogP contribution is 2.54. The molecule has 1 atom stereocenters. The molecule has 0 unspecified atom stereocenters. The molecule has 2 aliphatic rings. The van der Waals surface area contributed by atoms with Crippen LogP contribution in [0.5, 0.6) is 0 Å². The van der Waals surface area contributed by atoms with Gasteiger partial charge in [0.15, 0.2) is 0 Å². The van der Waals surface area contributed by atoms with Crippen molar-refractivity contribution in [2.45, 2.75) is 17.9 Å². The van der Waals surface area contributed by atoms with Gasteiger partial charge in [0.25, 0.3) is 0 Å². The number of aromatic amines is 1. The molecule has 0 spiro atoms. The van der Waals surface area contributed by atoms with Crippen molar-refractivity contribution in [3.05, 3.63) is 125 Å². The normalized spacial score (nSPS) is 16.3. The maximum Gasteiger partial charge on any atom is 0.320 e. The summed E-state index contributed by atoms with van der Waals surface area (Å²) in [5, 5.41) is 8.42. The van der Waals surface area contributed by atoms with Gasteiger partial charge in [-0.25, -0.2) is 4.98 Å². The number of carboxylic acid groups (broad SMARTS) is 1. The zero-order chi connectivity index (χ0) is 21.0. The van der Waals surface area contributed by atoms with Crippen molar-refractivity contribution in [2.75, 3.05) is 0 Å². The highest BCUT2D eigenvalue weighted by molar-refractivity contribution is 5.74. The number of aliphatic carboxylic acids is 1. The fraction of sp³-hybridized carbons (Fsp3) is 0.120. The topological polar surface area (TPSA) is 92.0 Å². The number of imidazole rings is 1. The van der Waals surface area contributed by atoms with Gasteiger partial charge in [0.2, 0.25) is 0 Å². The van der Waals surface area contributed by atoms with Crippen LogP contribution in [0.2, 0.25) is 0 Å². The van der Waals surface area contributed by atoms with Gasteiger partial charge in [-0.1, -0.05) is 85.0 Å². The van der Waals surface area contributed by atoms with E-state index in [1.165, 1.54) is 28.6 Å².